The number of primary amides is 1. The van der Waals surface area contributed by atoms with Crippen LogP contribution in [-0.2, 0) is 14.4 Å². The third kappa shape index (κ3) is 5.12. The number of nitrogens with two attached hydrogens (primary N) is 1. The number of aromatic amines is 1. The average molecular weight is 536 g/mol. The van der Waals surface area contributed by atoms with Crippen molar-refractivity contribution in [2.45, 2.75) is 37.8 Å². The molecule has 3 aromatic rings. The molecular weight excluding hydrogens is 510 g/mol. The van der Waals surface area contributed by atoms with Crippen LogP contribution in [-0.4, -0.2) is 47.8 Å². The molecule has 196 valence electrons. The molecule has 1 aliphatic carbocycles. The first kappa shape index (κ1) is 25.5. The number of methoxy groups -OCH3 is 1. The van der Waals surface area contributed by atoms with Crippen LogP contribution in [0.5, 0.6) is 5.75 Å². The number of carbonyl (C=O) groups excluding carboxylic acids is 4. The number of carbonyl (C=O) groups is 4. The number of benzene rings is 2. The van der Waals surface area contributed by atoms with E-state index in [1.54, 1.807) is 43.5 Å². The van der Waals surface area contributed by atoms with Crippen LogP contribution >= 0.6 is 11.6 Å². The number of fused-ring (bicyclic) bond motifs is 2. The van der Waals surface area contributed by atoms with Gasteiger partial charge in [0.15, 0.2) is 0 Å². The van der Waals surface area contributed by atoms with Crippen molar-refractivity contribution < 1.29 is 23.9 Å². The van der Waals surface area contributed by atoms with Crippen molar-refractivity contribution in [3.05, 3.63) is 63.8 Å². The minimum absolute atomic E-state index is 0.175. The first-order valence-corrected chi connectivity index (χ1v) is 12.6. The van der Waals surface area contributed by atoms with Crippen molar-refractivity contribution in [3.8, 4) is 5.75 Å². The lowest BCUT2D eigenvalue weighted by Crippen LogP contribution is -2.53. The van der Waals surface area contributed by atoms with E-state index >= 15 is 0 Å². The number of H-pyrrole nitrogens is 1. The Balaban J connectivity index is 1.35. The van der Waals surface area contributed by atoms with E-state index in [0.717, 1.165) is 18.2 Å². The quantitative estimate of drug-likeness (QED) is 0.306. The van der Waals surface area contributed by atoms with Gasteiger partial charge in [0.05, 0.1) is 17.5 Å². The number of hydrogen-bond acceptors (Lipinski definition) is 5. The molecule has 0 unspecified atom stereocenters. The van der Waals surface area contributed by atoms with Gasteiger partial charge in [0.25, 0.3) is 11.8 Å². The average Bonchev–Trinajstić information content (AvgIpc) is 3.49. The highest BCUT2D eigenvalue weighted by Crippen LogP contribution is 2.34. The molecule has 1 aliphatic heterocycles. The zero-order valence-electron chi connectivity index (χ0n) is 20.5. The molecule has 1 fully saturated rings. The third-order valence-electron chi connectivity index (χ3n) is 6.82. The summed E-state index contributed by atoms with van der Waals surface area (Å²) < 4.78 is 5.36. The minimum atomic E-state index is -1.20. The molecule has 1 saturated carbocycles. The Bertz CT molecular complexity index is 1590. The van der Waals surface area contributed by atoms with Gasteiger partial charge in [0.1, 0.15) is 23.5 Å². The van der Waals surface area contributed by atoms with Crippen LogP contribution in [0.3, 0.4) is 0 Å². The zero-order chi connectivity index (χ0) is 27.0. The molecule has 10 nitrogen and oxygen atoms in total. The van der Waals surface area contributed by atoms with Gasteiger partial charge in [-0.2, -0.15) is 0 Å². The highest BCUT2D eigenvalue weighted by Gasteiger charge is 2.33. The second kappa shape index (κ2) is 10.3. The molecule has 2 atom stereocenters. The summed E-state index contributed by atoms with van der Waals surface area (Å²) in [6.45, 7) is 0. The second-order valence-electron chi connectivity index (χ2n) is 9.51. The van der Waals surface area contributed by atoms with Gasteiger partial charge in [0, 0.05) is 28.1 Å². The monoisotopic (exact) mass is 535 g/mol. The summed E-state index contributed by atoms with van der Waals surface area (Å²) in [7, 11) is 1.55. The fraction of sp³-hybridized carbons (Fsp3) is 0.296. The van der Waals surface area contributed by atoms with Crippen molar-refractivity contribution in [2.24, 2.45) is 16.6 Å². The molecule has 4 amide bonds. The number of halogens is 1. The van der Waals surface area contributed by atoms with Crippen molar-refractivity contribution in [2.75, 3.05) is 7.11 Å². The third-order valence-corrected chi connectivity index (χ3v) is 7.13. The van der Waals surface area contributed by atoms with E-state index in [1.165, 1.54) is 0 Å². The Morgan fingerprint density at radius 3 is 2.63 bits per heavy atom. The van der Waals surface area contributed by atoms with Gasteiger partial charge in [0.2, 0.25) is 11.8 Å². The van der Waals surface area contributed by atoms with Crippen LogP contribution in [0.4, 0.5) is 0 Å². The van der Waals surface area contributed by atoms with Gasteiger partial charge in [-0.05, 0) is 42.7 Å². The van der Waals surface area contributed by atoms with Crippen LogP contribution in [0, 0.1) is 5.92 Å². The maximum Gasteiger partial charge on any atom is 0.274 e. The summed E-state index contributed by atoms with van der Waals surface area (Å²) in [5.74, 6) is -1.49. The van der Waals surface area contributed by atoms with Crippen molar-refractivity contribution >= 4 is 51.7 Å². The number of amides is 4. The molecule has 2 aromatic carbocycles. The molecular formula is C27H26ClN5O5. The minimum Gasteiger partial charge on any atom is -0.496 e. The predicted octanol–water partition coefficient (Wildman–Crippen LogP) is 1.10. The normalized spacial score (nSPS) is 15.9. The van der Waals surface area contributed by atoms with Gasteiger partial charge in [-0.15, -0.1) is 0 Å². The van der Waals surface area contributed by atoms with Gasteiger partial charge in [-0.25, -0.2) is 4.99 Å². The fourth-order valence-electron chi connectivity index (χ4n) is 4.66. The standard InChI is InChI=1S/C27H26ClN5O5/c1-38-22-7-3-5-17-14(22)11-21(30-17)27(37)33-20(10-13-8-9-13)26(36)32-19(24(29)34)12-15-23-16(28)4-2-6-18(23)31-25(15)35/h2-7,11,13,19-20,30H,8-10,12H2,1H3,(H2,29,34)(H,32,36)(H,33,37)/t19-,20-/m0/s1. The summed E-state index contributed by atoms with van der Waals surface area (Å²) in [6.07, 6.45) is 2.13. The highest BCUT2D eigenvalue weighted by atomic mass is 35.5. The van der Waals surface area contributed by atoms with E-state index < -0.39 is 35.7 Å². The second-order valence-corrected chi connectivity index (χ2v) is 9.91. The summed E-state index contributed by atoms with van der Waals surface area (Å²) in [4.78, 5) is 58.3. The molecule has 0 saturated heterocycles. The number of hydrogen-bond donors (Lipinski definition) is 4. The smallest absolute Gasteiger partial charge is 0.274 e. The lowest BCUT2D eigenvalue weighted by molar-refractivity contribution is -0.128. The molecule has 5 rings (SSSR count). The van der Waals surface area contributed by atoms with Crippen molar-refractivity contribution in [1.29, 1.82) is 0 Å². The molecule has 0 spiro atoms. The van der Waals surface area contributed by atoms with E-state index in [9.17, 15) is 19.2 Å². The van der Waals surface area contributed by atoms with Crippen molar-refractivity contribution in [1.82, 2.24) is 15.6 Å². The molecule has 1 aromatic heterocycles. The van der Waals surface area contributed by atoms with Crippen LogP contribution in [0.25, 0.3) is 16.5 Å². The molecule has 38 heavy (non-hydrogen) atoms. The van der Waals surface area contributed by atoms with Gasteiger partial charge < -0.3 is 26.1 Å². The number of ether oxygens (including phenoxy) is 1. The maximum absolute atomic E-state index is 13.3. The summed E-state index contributed by atoms with van der Waals surface area (Å²) in [5.41, 5.74) is 6.78. The Kier molecular flexibility index (Phi) is 6.90. The predicted molar refractivity (Wildman–Crippen MR) is 140 cm³/mol. The zero-order valence-corrected chi connectivity index (χ0v) is 21.3. The highest BCUT2D eigenvalue weighted by molar-refractivity contribution is 6.32. The van der Waals surface area contributed by atoms with Crippen LogP contribution in [0.1, 0.15) is 36.2 Å². The molecule has 0 bridgehead atoms. The Labute approximate surface area is 222 Å². The van der Waals surface area contributed by atoms with E-state index in [0.29, 0.717) is 33.3 Å². The van der Waals surface area contributed by atoms with Crippen LogP contribution in [0.2, 0.25) is 5.02 Å². The van der Waals surface area contributed by atoms with E-state index in [1.807, 2.05) is 6.07 Å². The molecule has 5 N–H and O–H groups in total. The first-order valence-electron chi connectivity index (χ1n) is 12.2. The molecule has 11 heteroatoms. The SMILES string of the molecule is COc1cccc2[nH]c(C(=O)N[C@@H](CC3CC3)C(=O)N[C@@H](CC3=c4c(Cl)cccc4=NC3=O)C(N)=O)cc12. The number of nitrogens with one attached hydrogen (secondary N) is 3. The maximum atomic E-state index is 13.3. The fourth-order valence-corrected chi connectivity index (χ4v) is 4.94. The summed E-state index contributed by atoms with van der Waals surface area (Å²) in [6, 6.07) is 9.90. The molecule has 0 radical (unpaired) electrons. The molecule has 2 aliphatic rings. The van der Waals surface area contributed by atoms with E-state index in [2.05, 4.69) is 20.6 Å². The van der Waals surface area contributed by atoms with Crippen LogP contribution < -0.4 is 31.7 Å². The van der Waals surface area contributed by atoms with Gasteiger partial charge >= 0.3 is 0 Å². The Morgan fingerprint density at radius 2 is 1.92 bits per heavy atom. The summed E-state index contributed by atoms with van der Waals surface area (Å²) in [5, 5.41) is 7.30. The number of rotatable bonds is 10. The van der Waals surface area contributed by atoms with E-state index in [-0.39, 0.29) is 23.6 Å². The first-order chi connectivity index (χ1) is 18.2. The lowest BCUT2D eigenvalue weighted by Gasteiger charge is -2.22. The number of aromatic nitrogens is 1. The van der Waals surface area contributed by atoms with Crippen LogP contribution in [0.15, 0.2) is 47.5 Å². The Hall–Kier alpha value is -4.18. The Morgan fingerprint density at radius 1 is 1.16 bits per heavy atom. The van der Waals surface area contributed by atoms with E-state index in [4.69, 9.17) is 22.1 Å². The molecule has 2 heterocycles. The summed E-state index contributed by atoms with van der Waals surface area (Å²) >= 11 is 6.28. The van der Waals surface area contributed by atoms with Gasteiger partial charge in [-0.3, -0.25) is 19.2 Å². The van der Waals surface area contributed by atoms with Gasteiger partial charge in [-0.1, -0.05) is 36.6 Å². The largest absolute Gasteiger partial charge is 0.496 e. The lowest BCUT2D eigenvalue weighted by atomic mass is 10.0. The van der Waals surface area contributed by atoms with Crippen molar-refractivity contribution in [3.63, 3.8) is 0 Å². The number of nitrogens with zero attached hydrogens (tertiary/aromatic N) is 1. The topological polar surface area (TPSA) is 156 Å².